The van der Waals surface area contributed by atoms with E-state index in [-0.39, 0.29) is 17.2 Å². The van der Waals surface area contributed by atoms with Crippen molar-refractivity contribution in [2.75, 3.05) is 11.9 Å². The fourth-order valence-electron chi connectivity index (χ4n) is 1.97. The third-order valence-corrected chi connectivity index (χ3v) is 3.28. The Labute approximate surface area is 94.5 Å². The Hall–Kier alpha value is -1.23. The summed E-state index contributed by atoms with van der Waals surface area (Å²) in [4.78, 5) is 7.85. The second-order valence-electron chi connectivity index (χ2n) is 4.30. The van der Waals surface area contributed by atoms with Gasteiger partial charge in [-0.25, -0.2) is 14.4 Å². The topological polar surface area (TPSA) is 63.8 Å². The molecule has 0 radical (unpaired) electrons. The normalized spacial score (nSPS) is 17.9. The van der Waals surface area contributed by atoms with Crippen LogP contribution in [-0.2, 0) is 6.42 Å². The summed E-state index contributed by atoms with van der Waals surface area (Å²) < 4.78 is 13.9. The van der Waals surface area contributed by atoms with Gasteiger partial charge in [0.25, 0.3) is 0 Å². The molecule has 88 valence electrons. The Morgan fingerprint density at radius 1 is 1.50 bits per heavy atom. The molecule has 1 aliphatic carbocycles. The van der Waals surface area contributed by atoms with Gasteiger partial charge in [-0.05, 0) is 25.7 Å². The fourth-order valence-corrected chi connectivity index (χ4v) is 1.97. The zero-order chi connectivity index (χ0) is 11.6. The van der Waals surface area contributed by atoms with Crippen molar-refractivity contribution in [2.45, 2.75) is 38.1 Å². The van der Waals surface area contributed by atoms with E-state index in [1.54, 1.807) is 0 Å². The first kappa shape index (κ1) is 11.3. The van der Waals surface area contributed by atoms with Crippen molar-refractivity contribution in [2.24, 2.45) is 5.73 Å². The summed E-state index contributed by atoms with van der Waals surface area (Å²) in [6, 6.07) is 0. The van der Waals surface area contributed by atoms with E-state index in [9.17, 15) is 4.39 Å². The van der Waals surface area contributed by atoms with Crippen LogP contribution in [0.25, 0.3) is 0 Å². The number of aromatic nitrogens is 2. The predicted octanol–water partition coefficient (Wildman–Crippen LogP) is 1.47. The van der Waals surface area contributed by atoms with E-state index < -0.39 is 0 Å². The second kappa shape index (κ2) is 4.33. The number of halogens is 1. The van der Waals surface area contributed by atoms with Gasteiger partial charge in [0.2, 0.25) is 0 Å². The van der Waals surface area contributed by atoms with Crippen LogP contribution in [-0.4, -0.2) is 22.1 Å². The first-order valence-electron chi connectivity index (χ1n) is 5.68. The largest absolute Gasteiger partial charge is 0.361 e. The van der Waals surface area contributed by atoms with Crippen LogP contribution in [0.5, 0.6) is 0 Å². The Kier molecular flexibility index (Phi) is 3.05. The van der Waals surface area contributed by atoms with Gasteiger partial charge in [-0.3, -0.25) is 0 Å². The molecule has 1 saturated carbocycles. The zero-order valence-electron chi connectivity index (χ0n) is 9.46. The van der Waals surface area contributed by atoms with Crippen LogP contribution in [0.4, 0.5) is 10.2 Å². The minimum atomic E-state index is -0.343. The van der Waals surface area contributed by atoms with Gasteiger partial charge < -0.3 is 11.1 Å². The first-order chi connectivity index (χ1) is 7.71. The summed E-state index contributed by atoms with van der Waals surface area (Å²) in [5.74, 6) is -0.0540. The van der Waals surface area contributed by atoms with E-state index in [4.69, 9.17) is 5.73 Å². The molecule has 4 nitrogen and oxygen atoms in total. The molecule has 0 aromatic carbocycles. The van der Waals surface area contributed by atoms with E-state index in [0.717, 1.165) is 19.3 Å². The summed E-state index contributed by atoms with van der Waals surface area (Å²) in [5, 5.41) is 3.13. The van der Waals surface area contributed by atoms with E-state index in [1.165, 1.54) is 6.33 Å². The number of aryl methyl sites for hydroxylation is 1. The van der Waals surface area contributed by atoms with E-state index in [0.29, 0.717) is 18.7 Å². The molecule has 0 aliphatic heterocycles. The lowest BCUT2D eigenvalue weighted by Gasteiger charge is -2.42. The molecular weight excluding hydrogens is 207 g/mol. The lowest BCUT2D eigenvalue weighted by molar-refractivity contribution is 0.285. The van der Waals surface area contributed by atoms with E-state index >= 15 is 0 Å². The standard InChI is InChI=1S/C11H17FN4/c1-2-8-9(12)10(15-7-14-8)16-11(6-13)4-3-5-11/h7H,2-6,13H2,1H3,(H,14,15,16). The fraction of sp³-hybridized carbons (Fsp3) is 0.636. The van der Waals surface area contributed by atoms with E-state index in [1.807, 2.05) is 6.92 Å². The molecule has 5 heteroatoms. The lowest BCUT2D eigenvalue weighted by Crippen LogP contribution is -2.51. The van der Waals surface area contributed by atoms with Crippen LogP contribution >= 0.6 is 0 Å². The van der Waals surface area contributed by atoms with E-state index in [2.05, 4.69) is 15.3 Å². The number of nitrogens with one attached hydrogen (secondary N) is 1. The molecule has 0 unspecified atom stereocenters. The Morgan fingerprint density at radius 3 is 2.75 bits per heavy atom. The Bertz CT molecular complexity index is 371. The average molecular weight is 224 g/mol. The zero-order valence-corrected chi connectivity index (χ0v) is 9.46. The Morgan fingerprint density at radius 2 is 2.25 bits per heavy atom. The number of nitrogens with two attached hydrogens (primary N) is 1. The molecule has 16 heavy (non-hydrogen) atoms. The molecule has 0 amide bonds. The van der Waals surface area contributed by atoms with Gasteiger partial charge in [-0.2, -0.15) is 0 Å². The van der Waals surface area contributed by atoms with Crippen molar-refractivity contribution in [1.29, 1.82) is 0 Å². The molecule has 0 saturated heterocycles. The summed E-state index contributed by atoms with van der Waals surface area (Å²) in [5.41, 5.74) is 6.00. The predicted molar refractivity (Wildman–Crippen MR) is 60.6 cm³/mol. The average Bonchev–Trinajstić information content (AvgIpc) is 2.25. The molecule has 1 aromatic heterocycles. The van der Waals surface area contributed by atoms with Gasteiger partial charge in [-0.15, -0.1) is 0 Å². The summed E-state index contributed by atoms with van der Waals surface area (Å²) in [6.07, 6.45) is 5.06. The van der Waals surface area contributed by atoms with Crippen molar-refractivity contribution >= 4 is 5.82 Å². The highest BCUT2D eigenvalue weighted by Crippen LogP contribution is 2.34. The van der Waals surface area contributed by atoms with Gasteiger partial charge in [0, 0.05) is 6.54 Å². The third-order valence-electron chi connectivity index (χ3n) is 3.28. The highest BCUT2D eigenvalue weighted by molar-refractivity contribution is 5.41. The number of anilines is 1. The van der Waals surface area contributed by atoms with Crippen LogP contribution in [0.1, 0.15) is 31.9 Å². The number of hydrogen-bond acceptors (Lipinski definition) is 4. The molecular formula is C11H17FN4. The maximum absolute atomic E-state index is 13.9. The van der Waals surface area contributed by atoms with Crippen LogP contribution in [0.2, 0.25) is 0 Å². The summed E-state index contributed by atoms with van der Waals surface area (Å²) in [6.45, 7) is 2.38. The van der Waals surface area contributed by atoms with Crippen molar-refractivity contribution in [3.8, 4) is 0 Å². The first-order valence-corrected chi connectivity index (χ1v) is 5.68. The van der Waals surface area contributed by atoms with Crippen molar-refractivity contribution in [3.63, 3.8) is 0 Å². The van der Waals surface area contributed by atoms with Crippen molar-refractivity contribution < 1.29 is 4.39 Å². The van der Waals surface area contributed by atoms with Crippen LogP contribution in [0.3, 0.4) is 0 Å². The quantitative estimate of drug-likeness (QED) is 0.813. The highest BCUT2D eigenvalue weighted by atomic mass is 19.1. The Balaban J connectivity index is 2.21. The minimum Gasteiger partial charge on any atom is -0.361 e. The van der Waals surface area contributed by atoms with Crippen LogP contribution in [0, 0.1) is 5.82 Å². The maximum atomic E-state index is 13.9. The number of nitrogens with zero attached hydrogens (tertiary/aromatic N) is 2. The lowest BCUT2D eigenvalue weighted by atomic mass is 9.77. The smallest absolute Gasteiger partial charge is 0.186 e. The molecule has 0 bridgehead atoms. The minimum absolute atomic E-state index is 0.153. The van der Waals surface area contributed by atoms with Crippen molar-refractivity contribution in [3.05, 3.63) is 17.8 Å². The van der Waals surface area contributed by atoms with Crippen LogP contribution < -0.4 is 11.1 Å². The second-order valence-corrected chi connectivity index (χ2v) is 4.30. The number of rotatable bonds is 4. The van der Waals surface area contributed by atoms with Crippen LogP contribution in [0.15, 0.2) is 6.33 Å². The monoisotopic (exact) mass is 224 g/mol. The SMILES string of the molecule is CCc1ncnc(NC2(CN)CCC2)c1F. The highest BCUT2D eigenvalue weighted by Gasteiger charge is 2.36. The van der Waals surface area contributed by atoms with Gasteiger partial charge in [0.05, 0.1) is 11.2 Å². The van der Waals surface area contributed by atoms with Gasteiger partial charge in [-0.1, -0.05) is 6.92 Å². The van der Waals surface area contributed by atoms with Gasteiger partial charge in [0.15, 0.2) is 11.6 Å². The summed E-state index contributed by atoms with van der Waals surface area (Å²) in [7, 11) is 0. The number of hydrogen-bond donors (Lipinski definition) is 2. The molecule has 1 heterocycles. The van der Waals surface area contributed by atoms with Gasteiger partial charge in [0.1, 0.15) is 6.33 Å². The molecule has 0 atom stereocenters. The third kappa shape index (κ3) is 1.87. The molecule has 1 aliphatic rings. The molecule has 2 rings (SSSR count). The summed E-state index contributed by atoms with van der Waals surface area (Å²) >= 11 is 0. The molecule has 0 spiro atoms. The molecule has 1 fully saturated rings. The molecule has 3 N–H and O–H groups in total. The maximum Gasteiger partial charge on any atom is 0.186 e. The van der Waals surface area contributed by atoms with Crippen molar-refractivity contribution in [1.82, 2.24) is 9.97 Å². The van der Waals surface area contributed by atoms with Gasteiger partial charge >= 0.3 is 0 Å². The molecule has 1 aromatic rings.